The molecule has 0 bridgehead atoms. The minimum atomic E-state index is -3.07. The molecule has 0 spiro atoms. The van der Waals surface area contributed by atoms with Gasteiger partial charge in [0.05, 0.1) is 0 Å². The summed E-state index contributed by atoms with van der Waals surface area (Å²) in [6.07, 6.45) is 7.97. The molecule has 1 fully saturated rings. The van der Waals surface area contributed by atoms with Crippen molar-refractivity contribution in [3.63, 3.8) is 0 Å². The van der Waals surface area contributed by atoms with Crippen LogP contribution in [0.15, 0.2) is 12.3 Å². The van der Waals surface area contributed by atoms with Gasteiger partial charge in [0.2, 0.25) is 0 Å². The number of hydrogen-bond donors (Lipinski definition) is 0. The van der Waals surface area contributed by atoms with Gasteiger partial charge < -0.3 is 4.90 Å². The van der Waals surface area contributed by atoms with Crippen LogP contribution in [-0.4, -0.2) is 36.6 Å². The Morgan fingerprint density at radius 1 is 1.50 bits per heavy atom. The molecular weight excluding hydrogens is 226 g/mol. The molecule has 87 valence electrons. The first-order valence-corrected chi connectivity index (χ1v) is 7.19. The number of anilines is 1. The zero-order chi connectivity index (χ0) is 11.6. The lowest BCUT2D eigenvalue weighted by molar-refractivity contribution is 0.508. The minimum Gasteiger partial charge on any atom is -0.340 e. The van der Waals surface area contributed by atoms with Gasteiger partial charge in [-0.1, -0.05) is 0 Å². The molecule has 1 atom stereocenters. The average Bonchev–Trinajstić information content (AvgIpc) is 2.29. The Kier molecular flexibility index (Phi) is 3.09. The third-order valence-corrected chi connectivity index (χ3v) is 4.24. The molecule has 1 unspecified atom stereocenters. The maximum absolute atomic E-state index is 11.7. The predicted octanol–water partition coefficient (Wildman–Crippen LogP) is 0.638. The van der Waals surface area contributed by atoms with Crippen molar-refractivity contribution in [3.8, 4) is 0 Å². The topological polar surface area (TPSA) is 63.2 Å². The molecule has 1 aliphatic rings. The van der Waals surface area contributed by atoms with Crippen molar-refractivity contribution in [2.45, 2.75) is 24.6 Å². The Hall–Kier alpha value is -1.17. The van der Waals surface area contributed by atoms with Crippen LogP contribution in [0.2, 0.25) is 0 Å². The van der Waals surface area contributed by atoms with Crippen molar-refractivity contribution in [2.24, 2.45) is 0 Å². The number of piperidine rings is 1. The van der Waals surface area contributed by atoms with Crippen molar-refractivity contribution in [3.05, 3.63) is 18.6 Å². The van der Waals surface area contributed by atoms with Crippen molar-refractivity contribution in [1.82, 2.24) is 9.97 Å². The number of nitrogens with zero attached hydrogens (tertiary/aromatic N) is 3. The highest BCUT2D eigenvalue weighted by molar-refractivity contribution is 7.91. The minimum absolute atomic E-state index is 0.454. The highest BCUT2D eigenvalue weighted by atomic mass is 32.2. The summed E-state index contributed by atoms with van der Waals surface area (Å²) in [5.74, 6) is 0.644. The molecule has 1 aromatic heterocycles. The highest BCUT2D eigenvalue weighted by Crippen LogP contribution is 2.25. The molecule has 6 heteroatoms. The van der Waals surface area contributed by atoms with Gasteiger partial charge in [-0.15, -0.1) is 0 Å². The molecule has 2 rings (SSSR count). The Labute approximate surface area is 95.4 Å². The summed E-state index contributed by atoms with van der Waals surface area (Å²) in [6.45, 7) is 0.725. The molecule has 5 nitrogen and oxygen atoms in total. The second-order valence-corrected chi connectivity index (χ2v) is 6.19. The lowest BCUT2D eigenvalue weighted by Gasteiger charge is -2.34. The van der Waals surface area contributed by atoms with Crippen LogP contribution in [0.5, 0.6) is 0 Å². The summed E-state index contributed by atoms with van der Waals surface area (Å²) in [7, 11) is -3.07. The van der Waals surface area contributed by atoms with Gasteiger partial charge in [0.15, 0.2) is 16.2 Å². The molecule has 0 N–H and O–H groups in total. The van der Waals surface area contributed by atoms with E-state index in [0.29, 0.717) is 12.2 Å². The van der Waals surface area contributed by atoms with E-state index < -0.39 is 15.2 Å². The molecule has 0 aliphatic carbocycles. The van der Waals surface area contributed by atoms with Gasteiger partial charge in [0, 0.05) is 19.0 Å². The van der Waals surface area contributed by atoms with Gasteiger partial charge in [-0.2, -0.15) is 0 Å². The van der Waals surface area contributed by atoms with Crippen LogP contribution in [0.3, 0.4) is 0 Å². The van der Waals surface area contributed by atoms with E-state index in [-0.39, 0.29) is 0 Å². The Balaban J connectivity index is 2.31. The normalized spacial score (nSPS) is 22.1. The molecule has 1 radical (unpaired) electrons. The zero-order valence-corrected chi connectivity index (χ0v) is 9.94. The maximum atomic E-state index is 11.7. The van der Waals surface area contributed by atoms with Crippen LogP contribution >= 0.6 is 0 Å². The van der Waals surface area contributed by atoms with Crippen LogP contribution in [0.25, 0.3) is 0 Å². The van der Waals surface area contributed by atoms with E-state index in [1.807, 2.05) is 4.90 Å². The van der Waals surface area contributed by atoms with Gasteiger partial charge in [-0.05, 0) is 25.3 Å². The summed E-state index contributed by atoms with van der Waals surface area (Å²) in [5, 5.41) is -0.454. The van der Waals surface area contributed by atoms with Gasteiger partial charge in [0.1, 0.15) is 11.2 Å². The first kappa shape index (κ1) is 11.3. The molecule has 16 heavy (non-hydrogen) atoms. The lowest BCUT2D eigenvalue weighted by atomic mass is 10.1. The lowest BCUT2D eigenvalue weighted by Crippen LogP contribution is -2.44. The second-order valence-electron chi connectivity index (χ2n) is 3.99. The Morgan fingerprint density at radius 3 is 2.94 bits per heavy atom. The first-order chi connectivity index (χ1) is 7.59. The highest BCUT2D eigenvalue weighted by Gasteiger charge is 2.31. The van der Waals surface area contributed by atoms with Gasteiger partial charge >= 0.3 is 0 Å². The third kappa shape index (κ3) is 2.32. The molecule has 1 saturated heterocycles. The largest absolute Gasteiger partial charge is 0.340 e. The second kappa shape index (κ2) is 4.37. The van der Waals surface area contributed by atoms with Crippen LogP contribution in [-0.2, 0) is 9.84 Å². The predicted molar refractivity (Wildman–Crippen MR) is 60.7 cm³/mol. The van der Waals surface area contributed by atoms with Crippen molar-refractivity contribution in [1.29, 1.82) is 0 Å². The zero-order valence-electron chi connectivity index (χ0n) is 9.13. The van der Waals surface area contributed by atoms with E-state index in [9.17, 15) is 8.42 Å². The van der Waals surface area contributed by atoms with E-state index in [4.69, 9.17) is 0 Å². The van der Waals surface area contributed by atoms with Crippen molar-refractivity contribution in [2.75, 3.05) is 17.7 Å². The average molecular weight is 240 g/mol. The summed E-state index contributed by atoms with van der Waals surface area (Å²) in [6, 6.07) is 1.72. The molecule has 0 amide bonds. The van der Waals surface area contributed by atoms with Crippen LogP contribution in [0.4, 0.5) is 5.82 Å². The van der Waals surface area contributed by atoms with Crippen molar-refractivity contribution < 1.29 is 8.42 Å². The van der Waals surface area contributed by atoms with Crippen LogP contribution in [0.1, 0.15) is 19.3 Å². The third-order valence-electron chi connectivity index (χ3n) is 2.76. The fraction of sp³-hybridized carbons (Fsp3) is 0.600. The van der Waals surface area contributed by atoms with Crippen molar-refractivity contribution >= 4 is 15.7 Å². The number of aromatic nitrogens is 2. The summed E-state index contributed by atoms with van der Waals surface area (Å²) in [4.78, 5) is 9.54. The Bertz CT molecular complexity index is 446. The number of rotatable bonds is 2. The number of hydrogen-bond acceptors (Lipinski definition) is 5. The van der Waals surface area contributed by atoms with E-state index >= 15 is 0 Å². The molecule has 0 aromatic carbocycles. The van der Waals surface area contributed by atoms with Crippen LogP contribution in [0, 0.1) is 6.33 Å². The van der Waals surface area contributed by atoms with E-state index in [0.717, 1.165) is 19.4 Å². The summed E-state index contributed by atoms with van der Waals surface area (Å²) in [5.41, 5.74) is 0. The van der Waals surface area contributed by atoms with E-state index in [1.165, 1.54) is 6.26 Å². The molecular formula is C10H14N3O2S. The van der Waals surface area contributed by atoms with Crippen LogP contribution < -0.4 is 4.90 Å². The van der Waals surface area contributed by atoms with Gasteiger partial charge in [-0.3, -0.25) is 0 Å². The monoisotopic (exact) mass is 240 g/mol. The first-order valence-electron chi connectivity index (χ1n) is 5.23. The quantitative estimate of drug-likeness (QED) is 0.759. The molecule has 2 heterocycles. The van der Waals surface area contributed by atoms with Gasteiger partial charge in [-0.25, -0.2) is 18.4 Å². The standard InChI is InChI=1S/C10H14N3O2S/c1-16(14,15)10-4-2-3-7-13(10)9-5-6-11-8-12-9/h5-6,10H,2-4,7H2,1H3. The smallest absolute Gasteiger partial charge is 0.199 e. The Morgan fingerprint density at radius 2 is 2.31 bits per heavy atom. The molecule has 0 saturated carbocycles. The fourth-order valence-electron chi connectivity index (χ4n) is 2.02. The maximum Gasteiger partial charge on any atom is 0.199 e. The number of sulfone groups is 1. The van der Waals surface area contributed by atoms with E-state index in [2.05, 4.69) is 16.3 Å². The van der Waals surface area contributed by atoms with Gasteiger partial charge in [0.25, 0.3) is 0 Å². The van der Waals surface area contributed by atoms with E-state index in [1.54, 1.807) is 12.3 Å². The SMILES string of the molecule is CS(=O)(=O)C1CCCCN1c1ccn[c]n1. The summed E-state index contributed by atoms with van der Waals surface area (Å²) >= 11 is 0. The fourth-order valence-corrected chi connectivity index (χ4v) is 3.29. The summed E-state index contributed by atoms with van der Waals surface area (Å²) < 4.78 is 23.3. The molecule has 1 aliphatic heterocycles. The molecule has 1 aromatic rings.